The minimum absolute atomic E-state index is 0.180. The summed E-state index contributed by atoms with van der Waals surface area (Å²) in [5.74, 6) is 1.35. The zero-order valence-corrected chi connectivity index (χ0v) is 16.7. The second-order valence-corrected chi connectivity index (χ2v) is 8.38. The van der Waals surface area contributed by atoms with Gasteiger partial charge in [-0.25, -0.2) is 9.67 Å². The topological polar surface area (TPSA) is 97.2 Å². The van der Waals surface area contributed by atoms with E-state index in [1.54, 1.807) is 0 Å². The minimum atomic E-state index is -0.253. The number of imide groups is 1. The van der Waals surface area contributed by atoms with Crippen molar-refractivity contribution < 1.29 is 14.4 Å². The highest BCUT2D eigenvalue weighted by atomic mass is 32.2. The standard InChI is InChI=1S/C18H19N5O3S2/c24-14(19-8-9-22-15(25)11-28-18(22)26)10-27-17-20-16(12-6-7-12)23(21-17)13-4-2-1-3-5-13/h1-5,12H,6-11H2,(H,19,24). The van der Waals surface area contributed by atoms with E-state index in [-0.39, 0.29) is 41.6 Å². The van der Waals surface area contributed by atoms with Crippen LogP contribution < -0.4 is 5.32 Å². The van der Waals surface area contributed by atoms with E-state index in [9.17, 15) is 14.4 Å². The van der Waals surface area contributed by atoms with E-state index in [2.05, 4.69) is 15.4 Å². The second-order valence-electron chi connectivity index (χ2n) is 6.51. The van der Waals surface area contributed by atoms with Gasteiger partial charge in [0, 0.05) is 19.0 Å². The molecule has 0 atom stereocenters. The van der Waals surface area contributed by atoms with Crippen LogP contribution in [0.2, 0.25) is 0 Å². The zero-order valence-electron chi connectivity index (χ0n) is 15.0. The van der Waals surface area contributed by atoms with Gasteiger partial charge in [-0.2, -0.15) is 0 Å². The van der Waals surface area contributed by atoms with Crippen LogP contribution in [0.1, 0.15) is 24.6 Å². The number of thioether (sulfide) groups is 2. The van der Waals surface area contributed by atoms with Gasteiger partial charge < -0.3 is 5.32 Å². The molecule has 0 spiro atoms. The van der Waals surface area contributed by atoms with Gasteiger partial charge in [-0.15, -0.1) is 5.10 Å². The molecule has 0 radical (unpaired) electrons. The molecule has 1 aromatic heterocycles. The zero-order chi connectivity index (χ0) is 19.5. The lowest BCUT2D eigenvalue weighted by Crippen LogP contribution is -2.38. The monoisotopic (exact) mass is 417 g/mol. The van der Waals surface area contributed by atoms with Crippen LogP contribution in [-0.4, -0.2) is 61.3 Å². The Morgan fingerprint density at radius 2 is 2.04 bits per heavy atom. The Morgan fingerprint density at radius 3 is 2.71 bits per heavy atom. The van der Waals surface area contributed by atoms with Gasteiger partial charge in [0.2, 0.25) is 17.0 Å². The summed E-state index contributed by atoms with van der Waals surface area (Å²) >= 11 is 2.27. The van der Waals surface area contributed by atoms with Gasteiger partial charge >= 0.3 is 0 Å². The molecule has 1 N–H and O–H groups in total. The molecule has 3 amide bonds. The number of hydrogen-bond acceptors (Lipinski definition) is 7. The first kappa shape index (κ1) is 19.0. The van der Waals surface area contributed by atoms with Crippen molar-refractivity contribution in [1.29, 1.82) is 0 Å². The molecule has 0 bridgehead atoms. The number of para-hydroxylation sites is 1. The molecule has 0 unspecified atom stereocenters. The molecule has 2 heterocycles. The molecule has 4 rings (SSSR count). The van der Waals surface area contributed by atoms with Crippen LogP contribution in [0.4, 0.5) is 4.79 Å². The predicted octanol–water partition coefficient (Wildman–Crippen LogP) is 2.05. The predicted molar refractivity (Wildman–Crippen MR) is 107 cm³/mol. The lowest BCUT2D eigenvalue weighted by Gasteiger charge is -2.12. The van der Waals surface area contributed by atoms with Crippen LogP contribution in [-0.2, 0) is 9.59 Å². The Kier molecular flexibility index (Phi) is 5.67. The van der Waals surface area contributed by atoms with E-state index in [4.69, 9.17) is 0 Å². The van der Waals surface area contributed by atoms with Crippen molar-refractivity contribution in [3.05, 3.63) is 36.2 Å². The van der Waals surface area contributed by atoms with Gasteiger partial charge in [-0.3, -0.25) is 19.3 Å². The van der Waals surface area contributed by atoms with Crippen LogP contribution in [0.25, 0.3) is 5.69 Å². The summed E-state index contributed by atoms with van der Waals surface area (Å²) in [6.07, 6.45) is 2.23. The summed E-state index contributed by atoms with van der Waals surface area (Å²) in [7, 11) is 0. The van der Waals surface area contributed by atoms with Crippen LogP contribution in [0.3, 0.4) is 0 Å². The van der Waals surface area contributed by atoms with Crippen LogP contribution in [0.5, 0.6) is 0 Å². The molecule has 1 saturated carbocycles. The molecule has 8 nitrogen and oxygen atoms in total. The summed E-state index contributed by atoms with van der Waals surface area (Å²) < 4.78 is 1.86. The first-order valence-electron chi connectivity index (χ1n) is 9.01. The van der Waals surface area contributed by atoms with Gasteiger partial charge in [0.05, 0.1) is 17.2 Å². The van der Waals surface area contributed by atoms with Crippen molar-refractivity contribution in [2.24, 2.45) is 0 Å². The summed E-state index contributed by atoms with van der Waals surface area (Å²) in [6.45, 7) is 0.449. The quantitative estimate of drug-likeness (QED) is 0.657. The molecule has 2 fully saturated rings. The molecule has 28 heavy (non-hydrogen) atoms. The fourth-order valence-corrected chi connectivity index (χ4v) is 4.23. The van der Waals surface area contributed by atoms with Crippen molar-refractivity contribution in [2.75, 3.05) is 24.6 Å². The number of benzene rings is 1. The molecular weight excluding hydrogens is 398 g/mol. The molecule has 1 saturated heterocycles. The lowest BCUT2D eigenvalue weighted by molar-refractivity contribution is -0.125. The van der Waals surface area contributed by atoms with Crippen molar-refractivity contribution in [3.63, 3.8) is 0 Å². The average molecular weight is 418 g/mol. The summed E-state index contributed by atoms with van der Waals surface area (Å²) in [4.78, 5) is 40.9. The summed E-state index contributed by atoms with van der Waals surface area (Å²) in [5, 5.41) is 7.62. The first-order chi connectivity index (χ1) is 13.6. The Morgan fingerprint density at radius 1 is 1.25 bits per heavy atom. The SMILES string of the molecule is O=C(CSc1nc(C2CC2)n(-c2ccccc2)n1)NCCN1C(=O)CSC1=O. The number of aromatic nitrogens is 3. The Labute approximate surface area is 170 Å². The van der Waals surface area contributed by atoms with Gasteiger partial charge in [-0.1, -0.05) is 41.7 Å². The molecule has 1 aromatic carbocycles. The molecule has 10 heteroatoms. The Bertz CT molecular complexity index is 882. The minimum Gasteiger partial charge on any atom is -0.354 e. The van der Waals surface area contributed by atoms with Crippen molar-refractivity contribution in [1.82, 2.24) is 25.0 Å². The van der Waals surface area contributed by atoms with Gasteiger partial charge in [0.1, 0.15) is 5.82 Å². The van der Waals surface area contributed by atoms with E-state index in [1.165, 1.54) is 16.7 Å². The second kappa shape index (κ2) is 8.36. The number of hydrogen-bond donors (Lipinski definition) is 1. The number of rotatable bonds is 8. The van der Waals surface area contributed by atoms with E-state index < -0.39 is 0 Å². The lowest BCUT2D eigenvalue weighted by atomic mass is 10.3. The molecule has 1 aliphatic carbocycles. The number of carbonyl (C=O) groups is 3. The van der Waals surface area contributed by atoms with Crippen LogP contribution in [0, 0.1) is 0 Å². The fourth-order valence-electron chi connectivity index (χ4n) is 2.82. The Balaban J connectivity index is 1.30. The Hall–Kier alpha value is -2.33. The summed E-state index contributed by atoms with van der Waals surface area (Å²) in [5.41, 5.74) is 0.964. The van der Waals surface area contributed by atoms with Gasteiger partial charge in [0.25, 0.3) is 5.24 Å². The maximum atomic E-state index is 12.1. The maximum absolute atomic E-state index is 12.1. The highest BCUT2D eigenvalue weighted by molar-refractivity contribution is 8.14. The van der Waals surface area contributed by atoms with Gasteiger partial charge in [-0.05, 0) is 25.0 Å². The van der Waals surface area contributed by atoms with Crippen LogP contribution in [0.15, 0.2) is 35.5 Å². The number of carbonyl (C=O) groups excluding carboxylic acids is 3. The maximum Gasteiger partial charge on any atom is 0.288 e. The van der Waals surface area contributed by atoms with Crippen molar-refractivity contribution >= 4 is 40.6 Å². The number of nitrogens with one attached hydrogen (secondary N) is 1. The highest BCUT2D eigenvalue weighted by Crippen LogP contribution is 2.40. The molecular formula is C18H19N5O3S2. The fraction of sp³-hybridized carbons (Fsp3) is 0.389. The smallest absolute Gasteiger partial charge is 0.288 e. The first-order valence-corrected chi connectivity index (χ1v) is 11.0. The normalized spacial score (nSPS) is 16.6. The number of amides is 3. The van der Waals surface area contributed by atoms with E-state index >= 15 is 0 Å². The third kappa shape index (κ3) is 4.39. The largest absolute Gasteiger partial charge is 0.354 e. The molecule has 2 aromatic rings. The van der Waals surface area contributed by atoms with E-state index in [1.807, 2.05) is 35.0 Å². The number of nitrogens with zero attached hydrogens (tertiary/aromatic N) is 4. The van der Waals surface area contributed by atoms with E-state index in [0.29, 0.717) is 11.1 Å². The third-order valence-electron chi connectivity index (χ3n) is 4.39. The molecule has 1 aliphatic heterocycles. The van der Waals surface area contributed by atoms with Crippen molar-refractivity contribution in [2.45, 2.75) is 23.9 Å². The van der Waals surface area contributed by atoms with Crippen LogP contribution >= 0.6 is 23.5 Å². The average Bonchev–Trinajstić information content (AvgIpc) is 3.39. The third-order valence-corrected chi connectivity index (χ3v) is 6.08. The highest BCUT2D eigenvalue weighted by Gasteiger charge is 2.31. The molecule has 2 aliphatic rings. The van der Waals surface area contributed by atoms with Crippen molar-refractivity contribution in [3.8, 4) is 5.69 Å². The summed E-state index contributed by atoms with van der Waals surface area (Å²) in [6, 6.07) is 9.85. The van der Waals surface area contributed by atoms with E-state index in [0.717, 1.165) is 36.1 Å². The van der Waals surface area contributed by atoms with Gasteiger partial charge in [0.15, 0.2) is 0 Å². The molecule has 146 valence electrons.